The van der Waals surface area contributed by atoms with Crippen molar-refractivity contribution in [2.24, 2.45) is 0 Å². The van der Waals surface area contributed by atoms with Gasteiger partial charge in [-0.05, 0) is 30.3 Å². The van der Waals surface area contributed by atoms with Crippen LogP contribution in [0.25, 0.3) is 0 Å². The van der Waals surface area contributed by atoms with Crippen LogP contribution in [0.15, 0.2) is 45.8 Å². The Bertz CT molecular complexity index is 981. The summed E-state index contributed by atoms with van der Waals surface area (Å²) >= 11 is 9.25. The Morgan fingerprint density at radius 2 is 1.89 bits per heavy atom. The molecule has 3 rings (SSSR count). The number of likely N-dealkylation sites (N-methyl/N-ethyl adjacent to an activating group) is 1. The van der Waals surface area contributed by atoms with E-state index in [1.807, 2.05) is 0 Å². The number of hydrogen-bond donors (Lipinski definition) is 0. The summed E-state index contributed by atoms with van der Waals surface area (Å²) in [6, 6.07) is 9.03. The molecule has 0 bridgehead atoms. The predicted octanol–water partition coefficient (Wildman–Crippen LogP) is 3.10. The van der Waals surface area contributed by atoms with Crippen LogP contribution in [-0.2, 0) is 14.8 Å². The van der Waals surface area contributed by atoms with E-state index < -0.39 is 22.5 Å². The molecule has 0 aromatic heterocycles. The van der Waals surface area contributed by atoms with Crippen molar-refractivity contribution in [3.8, 4) is 17.2 Å². The molecular formula is C17H15BrClNO6S. The van der Waals surface area contributed by atoms with Crippen molar-refractivity contribution in [2.45, 2.75) is 4.90 Å². The SMILES string of the molecule is CN(CC(=O)Oc1ccc(Br)cc1Cl)S(=O)(=O)c1ccc2c(c1)OCCO2. The van der Waals surface area contributed by atoms with Gasteiger partial charge in [-0.15, -0.1) is 0 Å². The lowest BCUT2D eigenvalue weighted by molar-refractivity contribution is -0.134. The highest BCUT2D eigenvalue weighted by Crippen LogP contribution is 2.33. The fraction of sp³-hybridized carbons (Fsp3) is 0.235. The molecule has 144 valence electrons. The molecule has 0 fully saturated rings. The molecule has 0 saturated carbocycles. The number of nitrogens with zero attached hydrogens (tertiary/aromatic N) is 1. The van der Waals surface area contributed by atoms with Gasteiger partial charge in [0.25, 0.3) is 0 Å². The molecule has 0 saturated heterocycles. The lowest BCUT2D eigenvalue weighted by atomic mass is 10.3. The van der Waals surface area contributed by atoms with E-state index in [9.17, 15) is 13.2 Å². The van der Waals surface area contributed by atoms with Crippen molar-refractivity contribution in [2.75, 3.05) is 26.8 Å². The van der Waals surface area contributed by atoms with Crippen LogP contribution in [0.5, 0.6) is 17.2 Å². The van der Waals surface area contributed by atoms with E-state index in [0.717, 1.165) is 8.78 Å². The number of ether oxygens (including phenoxy) is 3. The van der Waals surface area contributed by atoms with Gasteiger partial charge >= 0.3 is 5.97 Å². The van der Waals surface area contributed by atoms with Gasteiger partial charge in [0.1, 0.15) is 25.5 Å². The molecule has 0 unspecified atom stereocenters. The molecule has 1 aliphatic rings. The molecule has 0 aliphatic carbocycles. The summed E-state index contributed by atoms with van der Waals surface area (Å²) in [6.07, 6.45) is 0. The summed E-state index contributed by atoms with van der Waals surface area (Å²) in [5.74, 6) is 0.213. The first-order valence-electron chi connectivity index (χ1n) is 7.79. The number of fused-ring (bicyclic) bond motifs is 1. The Balaban J connectivity index is 1.72. The molecule has 0 N–H and O–H groups in total. The van der Waals surface area contributed by atoms with Gasteiger partial charge in [-0.1, -0.05) is 27.5 Å². The second-order valence-corrected chi connectivity index (χ2v) is 8.98. The van der Waals surface area contributed by atoms with E-state index >= 15 is 0 Å². The number of sulfonamides is 1. The molecule has 0 amide bonds. The van der Waals surface area contributed by atoms with Gasteiger partial charge in [-0.3, -0.25) is 4.79 Å². The maximum atomic E-state index is 12.7. The van der Waals surface area contributed by atoms with Crippen LogP contribution >= 0.6 is 27.5 Å². The Kier molecular flexibility index (Phi) is 5.95. The van der Waals surface area contributed by atoms with Gasteiger partial charge in [0.2, 0.25) is 10.0 Å². The van der Waals surface area contributed by atoms with Crippen molar-refractivity contribution in [1.29, 1.82) is 0 Å². The summed E-state index contributed by atoms with van der Waals surface area (Å²) < 4.78 is 43.0. The molecule has 1 heterocycles. The number of rotatable bonds is 5. The van der Waals surface area contributed by atoms with Gasteiger partial charge < -0.3 is 14.2 Å². The first kappa shape index (κ1) is 19.9. The second kappa shape index (κ2) is 8.05. The third-order valence-corrected chi connectivity index (χ3v) is 6.28. The summed E-state index contributed by atoms with van der Waals surface area (Å²) in [6.45, 7) is 0.263. The zero-order valence-corrected chi connectivity index (χ0v) is 17.3. The van der Waals surface area contributed by atoms with Crippen LogP contribution in [0.3, 0.4) is 0 Å². The fourth-order valence-electron chi connectivity index (χ4n) is 2.34. The molecule has 2 aromatic rings. The van der Waals surface area contributed by atoms with E-state index in [1.54, 1.807) is 12.1 Å². The summed E-state index contributed by atoms with van der Waals surface area (Å²) in [5, 5.41) is 0.232. The quantitative estimate of drug-likeness (QED) is 0.487. The Morgan fingerprint density at radius 3 is 2.59 bits per heavy atom. The minimum Gasteiger partial charge on any atom is -0.486 e. The number of benzene rings is 2. The second-order valence-electron chi connectivity index (χ2n) is 5.62. The molecule has 0 spiro atoms. The third kappa shape index (κ3) is 4.55. The maximum absolute atomic E-state index is 12.7. The van der Waals surface area contributed by atoms with E-state index in [2.05, 4.69) is 15.9 Å². The predicted molar refractivity (Wildman–Crippen MR) is 102 cm³/mol. The molecule has 10 heteroatoms. The van der Waals surface area contributed by atoms with Crippen LogP contribution in [0.2, 0.25) is 5.02 Å². The molecule has 0 radical (unpaired) electrons. The van der Waals surface area contributed by atoms with Crippen molar-refractivity contribution >= 4 is 43.5 Å². The van der Waals surface area contributed by atoms with E-state index in [0.29, 0.717) is 24.7 Å². The number of carbonyl (C=O) groups is 1. The number of esters is 1. The maximum Gasteiger partial charge on any atom is 0.326 e. The van der Waals surface area contributed by atoms with Crippen LogP contribution in [0.1, 0.15) is 0 Å². The van der Waals surface area contributed by atoms with Gasteiger partial charge in [0.05, 0.1) is 9.92 Å². The minimum absolute atomic E-state index is 0.0104. The fourth-order valence-corrected chi connectivity index (χ4v) is 4.19. The number of carbonyl (C=O) groups excluding carboxylic acids is 1. The average molecular weight is 477 g/mol. The van der Waals surface area contributed by atoms with Gasteiger partial charge in [-0.25, -0.2) is 8.42 Å². The molecule has 1 aliphatic heterocycles. The smallest absolute Gasteiger partial charge is 0.326 e. The van der Waals surface area contributed by atoms with E-state index in [1.165, 1.54) is 31.3 Å². The minimum atomic E-state index is -3.92. The number of halogens is 2. The van der Waals surface area contributed by atoms with E-state index in [4.69, 9.17) is 25.8 Å². The molecular weight excluding hydrogens is 462 g/mol. The van der Waals surface area contributed by atoms with Crippen LogP contribution in [0.4, 0.5) is 0 Å². The van der Waals surface area contributed by atoms with Crippen LogP contribution in [-0.4, -0.2) is 45.5 Å². The van der Waals surface area contributed by atoms with Crippen molar-refractivity contribution < 1.29 is 27.4 Å². The molecule has 0 atom stereocenters. The Labute approximate surface area is 170 Å². The van der Waals surface area contributed by atoms with Gasteiger partial charge in [-0.2, -0.15) is 4.31 Å². The Morgan fingerprint density at radius 1 is 1.19 bits per heavy atom. The topological polar surface area (TPSA) is 82.1 Å². The summed E-state index contributed by atoms with van der Waals surface area (Å²) in [5.41, 5.74) is 0. The monoisotopic (exact) mass is 475 g/mol. The first-order chi connectivity index (χ1) is 12.8. The summed E-state index contributed by atoms with van der Waals surface area (Å²) in [4.78, 5) is 12.1. The van der Waals surface area contributed by atoms with Gasteiger partial charge in [0.15, 0.2) is 11.5 Å². The van der Waals surface area contributed by atoms with Crippen molar-refractivity contribution in [3.05, 3.63) is 45.9 Å². The molecule has 2 aromatic carbocycles. The Hall–Kier alpha value is -1.81. The van der Waals surface area contributed by atoms with Crippen molar-refractivity contribution in [3.63, 3.8) is 0 Å². The van der Waals surface area contributed by atoms with Crippen molar-refractivity contribution in [1.82, 2.24) is 4.31 Å². The first-order valence-corrected chi connectivity index (χ1v) is 10.4. The van der Waals surface area contributed by atoms with Crippen LogP contribution in [0, 0.1) is 0 Å². The zero-order valence-electron chi connectivity index (χ0n) is 14.1. The van der Waals surface area contributed by atoms with Gasteiger partial charge in [0, 0.05) is 17.6 Å². The molecule has 7 nitrogen and oxygen atoms in total. The highest BCUT2D eigenvalue weighted by molar-refractivity contribution is 9.10. The van der Waals surface area contributed by atoms with E-state index in [-0.39, 0.29) is 15.7 Å². The standard InChI is InChI=1S/C17H15BrClNO6S/c1-20(10-17(21)26-14-4-2-11(18)8-13(14)19)27(22,23)12-3-5-15-16(9-12)25-7-6-24-15/h2-5,8-9H,6-7,10H2,1H3. The largest absolute Gasteiger partial charge is 0.486 e. The summed E-state index contributed by atoms with van der Waals surface area (Å²) in [7, 11) is -2.63. The third-order valence-electron chi connectivity index (χ3n) is 3.69. The highest BCUT2D eigenvalue weighted by Gasteiger charge is 2.26. The lowest BCUT2D eigenvalue weighted by Gasteiger charge is -2.21. The highest BCUT2D eigenvalue weighted by atomic mass is 79.9. The van der Waals surface area contributed by atoms with Crippen LogP contribution < -0.4 is 14.2 Å². The zero-order chi connectivity index (χ0) is 19.6. The normalized spacial score (nSPS) is 13.5. The number of hydrogen-bond acceptors (Lipinski definition) is 6. The lowest BCUT2D eigenvalue weighted by Crippen LogP contribution is -2.34. The molecule has 27 heavy (non-hydrogen) atoms. The average Bonchev–Trinajstić information content (AvgIpc) is 2.63.